The van der Waals surface area contributed by atoms with E-state index in [0.717, 1.165) is 11.3 Å². The molecule has 0 bridgehead atoms. The molecule has 2 aromatic carbocycles. The average molecular weight is 413 g/mol. The number of rotatable bonds is 4. The molecular formula is C22H24N2O4S. The smallest absolute Gasteiger partial charge is 0.260 e. The van der Waals surface area contributed by atoms with E-state index in [2.05, 4.69) is 0 Å². The molecule has 6 nitrogen and oxygen atoms in total. The lowest BCUT2D eigenvalue weighted by Crippen LogP contribution is -2.56. The van der Waals surface area contributed by atoms with Crippen molar-refractivity contribution in [2.45, 2.75) is 24.6 Å². The third kappa shape index (κ3) is 3.79. The number of aryl methyl sites for hydroxylation is 1. The zero-order valence-corrected chi connectivity index (χ0v) is 17.2. The van der Waals surface area contributed by atoms with E-state index in [0.29, 0.717) is 31.7 Å². The second-order valence-corrected chi connectivity index (χ2v) is 9.22. The molecule has 7 heteroatoms. The van der Waals surface area contributed by atoms with Crippen LogP contribution in [-0.4, -0.2) is 51.2 Å². The van der Waals surface area contributed by atoms with Crippen molar-refractivity contribution in [3.8, 4) is 5.75 Å². The van der Waals surface area contributed by atoms with Crippen molar-refractivity contribution < 1.29 is 18.5 Å². The SMILES string of the molecule is Cc1ccc(OCC(=O)N2CCC3(CC2)N(c2ccccc2)C(=O)CS3=O)cc1. The molecule has 2 aromatic rings. The maximum Gasteiger partial charge on any atom is 0.260 e. The number of hydrogen-bond acceptors (Lipinski definition) is 4. The van der Waals surface area contributed by atoms with Gasteiger partial charge >= 0.3 is 0 Å². The van der Waals surface area contributed by atoms with Crippen LogP contribution in [0.5, 0.6) is 5.75 Å². The number of likely N-dealkylation sites (tertiary alicyclic amines) is 1. The van der Waals surface area contributed by atoms with Crippen LogP contribution in [0.2, 0.25) is 0 Å². The summed E-state index contributed by atoms with van der Waals surface area (Å²) in [6, 6.07) is 17.0. The zero-order chi connectivity index (χ0) is 20.4. The minimum atomic E-state index is -1.29. The molecule has 1 spiro atoms. The van der Waals surface area contributed by atoms with Gasteiger partial charge in [-0.15, -0.1) is 0 Å². The van der Waals surface area contributed by atoms with Crippen LogP contribution in [0, 0.1) is 6.92 Å². The lowest BCUT2D eigenvalue weighted by molar-refractivity contribution is -0.134. The number of piperidine rings is 1. The van der Waals surface area contributed by atoms with E-state index in [9.17, 15) is 13.8 Å². The number of carbonyl (C=O) groups is 2. The molecule has 1 unspecified atom stereocenters. The molecular weight excluding hydrogens is 388 g/mol. The van der Waals surface area contributed by atoms with Gasteiger partial charge in [-0.1, -0.05) is 35.9 Å². The Morgan fingerprint density at radius 1 is 1.07 bits per heavy atom. The van der Waals surface area contributed by atoms with Crippen molar-refractivity contribution in [2.24, 2.45) is 0 Å². The number of benzene rings is 2. The quantitative estimate of drug-likeness (QED) is 0.774. The Bertz CT molecular complexity index is 922. The van der Waals surface area contributed by atoms with Gasteiger partial charge in [-0.05, 0) is 31.2 Å². The predicted molar refractivity (Wildman–Crippen MR) is 112 cm³/mol. The highest BCUT2D eigenvalue weighted by Gasteiger charge is 2.53. The molecule has 4 rings (SSSR count). The molecule has 2 amide bonds. The number of hydrogen-bond donors (Lipinski definition) is 0. The second kappa shape index (κ2) is 7.99. The van der Waals surface area contributed by atoms with Crippen LogP contribution in [0.4, 0.5) is 5.69 Å². The first-order valence-electron chi connectivity index (χ1n) is 9.73. The normalized spacial score (nSPS) is 20.9. The fraction of sp³-hybridized carbons (Fsp3) is 0.364. The number of anilines is 1. The van der Waals surface area contributed by atoms with E-state index in [1.165, 1.54) is 0 Å². The Morgan fingerprint density at radius 2 is 1.72 bits per heavy atom. The molecule has 0 aliphatic carbocycles. The molecule has 0 N–H and O–H groups in total. The van der Waals surface area contributed by atoms with Gasteiger partial charge in [0, 0.05) is 31.6 Å². The van der Waals surface area contributed by atoms with Crippen molar-refractivity contribution >= 4 is 28.3 Å². The number of ether oxygens (including phenoxy) is 1. The van der Waals surface area contributed by atoms with Crippen molar-refractivity contribution in [2.75, 3.05) is 30.3 Å². The predicted octanol–water partition coefficient (Wildman–Crippen LogP) is 2.49. The number of para-hydroxylation sites is 1. The van der Waals surface area contributed by atoms with Crippen molar-refractivity contribution in [1.82, 2.24) is 4.90 Å². The summed E-state index contributed by atoms with van der Waals surface area (Å²) in [5.74, 6) is 0.494. The first-order valence-corrected chi connectivity index (χ1v) is 11.1. The summed E-state index contributed by atoms with van der Waals surface area (Å²) in [5.41, 5.74) is 1.90. The Labute approximate surface area is 172 Å². The van der Waals surface area contributed by atoms with Crippen LogP contribution in [-0.2, 0) is 20.4 Å². The summed E-state index contributed by atoms with van der Waals surface area (Å²) in [6.45, 7) is 2.88. The number of amides is 2. The lowest BCUT2D eigenvalue weighted by Gasteiger charge is -2.43. The molecule has 2 aliphatic rings. The summed E-state index contributed by atoms with van der Waals surface area (Å²) >= 11 is 0. The van der Waals surface area contributed by atoms with E-state index in [-0.39, 0.29) is 24.2 Å². The summed E-state index contributed by atoms with van der Waals surface area (Å²) in [6.07, 6.45) is 0.993. The number of nitrogens with zero attached hydrogens (tertiary/aromatic N) is 2. The van der Waals surface area contributed by atoms with Crippen LogP contribution in [0.15, 0.2) is 54.6 Å². The van der Waals surface area contributed by atoms with Crippen LogP contribution in [0.25, 0.3) is 0 Å². The van der Waals surface area contributed by atoms with Crippen LogP contribution >= 0.6 is 0 Å². The molecule has 29 heavy (non-hydrogen) atoms. The maximum absolute atomic E-state index is 12.9. The highest BCUT2D eigenvalue weighted by Crippen LogP contribution is 2.40. The first kappa shape index (κ1) is 19.6. The van der Waals surface area contributed by atoms with Gasteiger partial charge in [0.1, 0.15) is 16.4 Å². The third-order valence-electron chi connectivity index (χ3n) is 5.63. The second-order valence-electron chi connectivity index (χ2n) is 7.48. The minimum absolute atomic E-state index is 0.0273. The first-order chi connectivity index (χ1) is 14.0. The van der Waals surface area contributed by atoms with Crippen molar-refractivity contribution in [3.63, 3.8) is 0 Å². The van der Waals surface area contributed by atoms with Gasteiger partial charge in [0.15, 0.2) is 6.61 Å². The Kier molecular flexibility index (Phi) is 5.41. The lowest BCUT2D eigenvalue weighted by atomic mass is 10.0. The average Bonchev–Trinajstić information content (AvgIpc) is 2.97. The largest absolute Gasteiger partial charge is 0.484 e. The molecule has 0 radical (unpaired) electrons. The standard InChI is InChI=1S/C22H24N2O4S/c1-17-7-9-19(10-8-17)28-15-20(25)23-13-11-22(12-14-23)24(21(26)16-29(22)27)18-5-3-2-4-6-18/h2-10H,11-16H2,1H3. The van der Waals surface area contributed by atoms with Crippen LogP contribution in [0.1, 0.15) is 18.4 Å². The molecule has 152 valence electrons. The monoisotopic (exact) mass is 412 g/mol. The van der Waals surface area contributed by atoms with Gasteiger partial charge in [0.2, 0.25) is 5.91 Å². The molecule has 0 aromatic heterocycles. The van der Waals surface area contributed by atoms with E-state index in [4.69, 9.17) is 4.74 Å². The fourth-order valence-corrected chi connectivity index (χ4v) is 5.69. The topological polar surface area (TPSA) is 66.9 Å². The van der Waals surface area contributed by atoms with E-state index >= 15 is 0 Å². The highest BCUT2D eigenvalue weighted by atomic mass is 32.2. The molecule has 2 saturated heterocycles. The third-order valence-corrected chi connectivity index (χ3v) is 7.58. The van der Waals surface area contributed by atoms with Gasteiger partial charge in [-0.3, -0.25) is 18.7 Å². The van der Waals surface area contributed by atoms with E-state index < -0.39 is 15.7 Å². The Morgan fingerprint density at radius 3 is 2.38 bits per heavy atom. The number of carbonyl (C=O) groups excluding carboxylic acids is 2. The zero-order valence-electron chi connectivity index (χ0n) is 16.4. The Hall–Kier alpha value is -2.67. The van der Waals surface area contributed by atoms with Crippen LogP contribution < -0.4 is 9.64 Å². The minimum Gasteiger partial charge on any atom is -0.484 e. The molecule has 2 fully saturated rings. The van der Waals surface area contributed by atoms with Crippen LogP contribution in [0.3, 0.4) is 0 Å². The summed E-state index contributed by atoms with van der Waals surface area (Å²) in [4.78, 5) is 27.9. The van der Waals surface area contributed by atoms with E-state index in [1.807, 2.05) is 61.5 Å². The molecule has 2 heterocycles. The van der Waals surface area contributed by atoms with Gasteiger partial charge in [0.05, 0.1) is 10.8 Å². The van der Waals surface area contributed by atoms with Gasteiger partial charge in [0.25, 0.3) is 5.91 Å². The van der Waals surface area contributed by atoms with Gasteiger partial charge < -0.3 is 9.64 Å². The van der Waals surface area contributed by atoms with E-state index in [1.54, 1.807) is 9.80 Å². The fourth-order valence-electron chi connectivity index (χ4n) is 4.02. The summed E-state index contributed by atoms with van der Waals surface area (Å²) in [5, 5.41) is 0. The molecule has 2 aliphatic heterocycles. The summed E-state index contributed by atoms with van der Waals surface area (Å²) < 4.78 is 18.5. The van der Waals surface area contributed by atoms with Gasteiger partial charge in [-0.25, -0.2) is 0 Å². The molecule has 1 atom stereocenters. The summed E-state index contributed by atoms with van der Waals surface area (Å²) in [7, 11) is -1.29. The highest BCUT2D eigenvalue weighted by molar-refractivity contribution is 7.88. The molecule has 0 saturated carbocycles. The van der Waals surface area contributed by atoms with Gasteiger partial charge in [-0.2, -0.15) is 0 Å². The maximum atomic E-state index is 12.9. The van der Waals surface area contributed by atoms with Crippen molar-refractivity contribution in [1.29, 1.82) is 0 Å². The Balaban J connectivity index is 1.42. The van der Waals surface area contributed by atoms with Crippen molar-refractivity contribution in [3.05, 3.63) is 60.2 Å².